The number of methoxy groups -OCH3 is 1. The van der Waals surface area contributed by atoms with Crippen molar-refractivity contribution in [3.63, 3.8) is 0 Å². The third-order valence-electron chi connectivity index (χ3n) is 2.90. The van der Waals surface area contributed by atoms with Crippen molar-refractivity contribution in [2.75, 3.05) is 7.11 Å². The van der Waals surface area contributed by atoms with Gasteiger partial charge in [0.25, 0.3) is 0 Å². The molecule has 0 aliphatic rings. The van der Waals surface area contributed by atoms with Gasteiger partial charge in [0.1, 0.15) is 13.7 Å². The summed E-state index contributed by atoms with van der Waals surface area (Å²) >= 11 is 1.05. The molecule has 0 aliphatic carbocycles. The van der Waals surface area contributed by atoms with Crippen molar-refractivity contribution in [3.05, 3.63) is 35.9 Å². The van der Waals surface area contributed by atoms with E-state index in [9.17, 15) is 8.78 Å². The second-order valence-electron chi connectivity index (χ2n) is 3.91. The monoisotopic (exact) mass is 260 g/mol. The molecule has 1 aromatic heterocycles. The molecule has 0 atom stereocenters. The molecule has 0 fully saturated rings. The highest BCUT2D eigenvalue weighted by Crippen LogP contribution is 2.38. The maximum absolute atomic E-state index is 14.1. The normalized spacial score (nSPS) is 11.3. The Kier molecular flexibility index (Phi) is 2.52. The summed E-state index contributed by atoms with van der Waals surface area (Å²) in [6.45, 7) is 0. The van der Waals surface area contributed by atoms with Crippen molar-refractivity contribution >= 4 is 44.8 Å². The number of hydrogen-bond donors (Lipinski definition) is 0. The third kappa shape index (κ3) is 1.43. The van der Waals surface area contributed by atoms with Crippen LogP contribution >= 0.6 is 11.3 Å². The van der Waals surface area contributed by atoms with E-state index in [1.807, 2.05) is 0 Å². The Balaban J connectivity index is 2.50. The van der Waals surface area contributed by atoms with Gasteiger partial charge in [-0.2, -0.15) is 0 Å². The topological polar surface area (TPSA) is 9.23 Å². The second kappa shape index (κ2) is 3.95. The summed E-state index contributed by atoms with van der Waals surface area (Å²) in [6.07, 6.45) is 0. The van der Waals surface area contributed by atoms with Crippen LogP contribution in [0.3, 0.4) is 0 Å². The maximum atomic E-state index is 14.1. The molecular formula is C13H7BF2OS. The average molecular weight is 260 g/mol. The first-order valence-electron chi connectivity index (χ1n) is 5.26. The maximum Gasteiger partial charge on any atom is 0.182 e. The fourth-order valence-electron chi connectivity index (χ4n) is 1.99. The molecule has 2 radical (unpaired) electrons. The van der Waals surface area contributed by atoms with Gasteiger partial charge >= 0.3 is 0 Å². The van der Waals surface area contributed by atoms with E-state index in [1.165, 1.54) is 19.2 Å². The number of thiophene rings is 1. The van der Waals surface area contributed by atoms with Gasteiger partial charge in [-0.05, 0) is 12.1 Å². The van der Waals surface area contributed by atoms with Gasteiger partial charge < -0.3 is 4.74 Å². The van der Waals surface area contributed by atoms with Crippen LogP contribution in [-0.4, -0.2) is 15.0 Å². The molecule has 88 valence electrons. The van der Waals surface area contributed by atoms with Crippen LogP contribution in [0.5, 0.6) is 5.75 Å². The predicted octanol–water partition coefficient (Wildman–Crippen LogP) is 3.14. The lowest BCUT2D eigenvalue weighted by atomic mass is 9.94. The summed E-state index contributed by atoms with van der Waals surface area (Å²) in [5.41, 5.74) is 0.0708. The molecule has 0 amide bonds. The first-order valence-corrected chi connectivity index (χ1v) is 6.08. The standard InChI is InChI=1S/C13H7BF2OS/c1-17-9-5-3-7-6-2-4-8(14)10(15)12(6)18-13(7)11(9)16/h2-5H,1H3. The summed E-state index contributed by atoms with van der Waals surface area (Å²) in [7, 11) is 6.91. The summed E-state index contributed by atoms with van der Waals surface area (Å²) in [4.78, 5) is 0. The van der Waals surface area contributed by atoms with Gasteiger partial charge in [0.05, 0.1) is 16.5 Å². The number of ether oxygens (including phenoxy) is 1. The van der Waals surface area contributed by atoms with E-state index in [0.29, 0.717) is 20.2 Å². The van der Waals surface area contributed by atoms with Gasteiger partial charge in [0.15, 0.2) is 11.6 Å². The molecule has 0 unspecified atom stereocenters. The lowest BCUT2D eigenvalue weighted by Gasteiger charge is -2.01. The van der Waals surface area contributed by atoms with Crippen molar-refractivity contribution in [1.82, 2.24) is 0 Å². The molecule has 0 saturated heterocycles. The van der Waals surface area contributed by atoms with Crippen molar-refractivity contribution in [2.45, 2.75) is 0 Å². The molecule has 2 aromatic carbocycles. The molecule has 3 rings (SSSR count). The number of rotatable bonds is 1. The second-order valence-corrected chi connectivity index (χ2v) is 4.93. The van der Waals surface area contributed by atoms with E-state index >= 15 is 0 Å². The molecule has 0 aliphatic heterocycles. The van der Waals surface area contributed by atoms with Crippen LogP contribution in [0.2, 0.25) is 0 Å². The van der Waals surface area contributed by atoms with E-state index in [2.05, 4.69) is 0 Å². The van der Waals surface area contributed by atoms with Crippen molar-refractivity contribution in [1.29, 1.82) is 0 Å². The predicted molar refractivity (Wildman–Crippen MR) is 71.2 cm³/mol. The van der Waals surface area contributed by atoms with Crippen LogP contribution in [0.4, 0.5) is 8.78 Å². The molecule has 0 saturated carbocycles. The van der Waals surface area contributed by atoms with Crippen LogP contribution in [0.25, 0.3) is 20.2 Å². The highest BCUT2D eigenvalue weighted by Gasteiger charge is 2.15. The molecule has 0 N–H and O–H groups in total. The molecule has 0 spiro atoms. The van der Waals surface area contributed by atoms with Gasteiger partial charge in [-0.15, -0.1) is 11.3 Å². The SMILES string of the molecule is [B]c1ccc2c(sc3c(F)c(OC)ccc32)c1F. The summed E-state index contributed by atoms with van der Waals surface area (Å²) in [5, 5.41) is 1.34. The highest BCUT2D eigenvalue weighted by molar-refractivity contribution is 7.26. The molecule has 1 heterocycles. The number of benzene rings is 2. The Bertz CT molecular complexity index is 767. The highest BCUT2D eigenvalue weighted by atomic mass is 32.1. The molecule has 3 aromatic rings. The molecule has 5 heteroatoms. The van der Waals surface area contributed by atoms with E-state index in [1.54, 1.807) is 12.1 Å². The Morgan fingerprint density at radius 1 is 1.00 bits per heavy atom. The molecule has 18 heavy (non-hydrogen) atoms. The van der Waals surface area contributed by atoms with Gasteiger partial charge in [-0.3, -0.25) is 0 Å². The molecular weight excluding hydrogens is 253 g/mol. The van der Waals surface area contributed by atoms with Crippen LogP contribution < -0.4 is 10.2 Å². The number of fused-ring (bicyclic) bond motifs is 3. The minimum atomic E-state index is -0.493. The van der Waals surface area contributed by atoms with Crippen molar-refractivity contribution in [3.8, 4) is 5.75 Å². The minimum Gasteiger partial charge on any atom is -0.494 e. The molecule has 0 bridgehead atoms. The Labute approximate surface area is 107 Å². The Morgan fingerprint density at radius 3 is 2.28 bits per heavy atom. The van der Waals surface area contributed by atoms with Gasteiger partial charge in [-0.1, -0.05) is 17.6 Å². The smallest absolute Gasteiger partial charge is 0.182 e. The van der Waals surface area contributed by atoms with E-state index in [4.69, 9.17) is 12.6 Å². The van der Waals surface area contributed by atoms with Gasteiger partial charge in [0.2, 0.25) is 0 Å². The van der Waals surface area contributed by atoms with Crippen LogP contribution in [0.15, 0.2) is 24.3 Å². The zero-order valence-electron chi connectivity index (χ0n) is 9.46. The third-order valence-corrected chi connectivity index (χ3v) is 4.11. The van der Waals surface area contributed by atoms with E-state index in [0.717, 1.165) is 11.3 Å². The van der Waals surface area contributed by atoms with Crippen molar-refractivity contribution < 1.29 is 13.5 Å². The zero-order valence-corrected chi connectivity index (χ0v) is 10.3. The first kappa shape index (κ1) is 11.5. The van der Waals surface area contributed by atoms with Crippen LogP contribution in [-0.2, 0) is 0 Å². The van der Waals surface area contributed by atoms with Crippen LogP contribution in [0, 0.1) is 11.6 Å². The summed E-state index contributed by atoms with van der Waals surface area (Å²) in [5.74, 6) is -0.802. The van der Waals surface area contributed by atoms with Crippen molar-refractivity contribution in [2.24, 2.45) is 0 Å². The Hall–Kier alpha value is -1.62. The number of halogens is 2. The summed E-state index contributed by atoms with van der Waals surface area (Å²) < 4.78 is 33.6. The quantitative estimate of drug-likeness (QED) is 0.611. The minimum absolute atomic E-state index is 0.0708. The zero-order chi connectivity index (χ0) is 12.9. The average Bonchev–Trinajstić information content (AvgIpc) is 2.75. The largest absolute Gasteiger partial charge is 0.494 e. The first-order chi connectivity index (χ1) is 8.63. The summed E-state index contributed by atoms with van der Waals surface area (Å²) in [6, 6.07) is 6.47. The van der Waals surface area contributed by atoms with Gasteiger partial charge in [-0.25, -0.2) is 8.78 Å². The lowest BCUT2D eigenvalue weighted by molar-refractivity contribution is 0.389. The lowest BCUT2D eigenvalue weighted by Crippen LogP contribution is -2.06. The molecule has 1 nitrogen and oxygen atoms in total. The van der Waals surface area contributed by atoms with E-state index in [-0.39, 0.29) is 11.2 Å². The number of hydrogen-bond acceptors (Lipinski definition) is 2. The van der Waals surface area contributed by atoms with Gasteiger partial charge in [0, 0.05) is 10.8 Å². The Morgan fingerprint density at radius 2 is 1.61 bits per heavy atom. The van der Waals surface area contributed by atoms with Crippen LogP contribution in [0.1, 0.15) is 0 Å². The fraction of sp³-hybridized carbons (Fsp3) is 0.0769. The van der Waals surface area contributed by atoms with E-state index < -0.39 is 11.6 Å². The fourth-order valence-corrected chi connectivity index (χ4v) is 3.17.